The first-order valence-electron chi connectivity index (χ1n) is 5.63. The third kappa shape index (κ3) is 4.05. The van der Waals surface area contributed by atoms with Crippen molar-refractivity contribution in [3.05, 3.63) is 29.8 Å². The van der Waals surface area contributed by atoms with Gasteiger partial charge in [0.1, 0.15) is 0 Å². The summed E-state index contributed by atoms with van der Waals surface area (Å²) < 4.78 is 26.0. The SMILES string of the molecule is CCC(CNS(=O)(=O)c1ccc(C#N)cc1)C(=O)O. The second-order valence-electron chi connectivity index (χ2n) is 3.93. The Morgan fingerprint density at radius 1 is 1.42 bits per heavy atom. The van der Waals surface area contributed by atoms with Crippen molar-refractivity contribution in [2.45, 2.75) is 18.2 Å². The largest absolute Gasteiger partial charge is 0.481 e. The van der Waals surface area contributed by atoms with Crippen molar-refractivity contribution in [3.63, 3.8) is 0 Å². The maximum absolute atomic E-state index is 11.9. The molecule has 1 aromatic rings. The van der Waals surface area contributed by atoms with E-state index in [1.54, 1.807) is 6.92 Å². The molecule has 1 unspecified atom stereocenters. The zero-order valence-electron chi connectivity index (χ0n) is 10.3. The molecule has 0 aromatic heterocycles. The van der Waals surface area contributed by atoms with Gasteiger partial charge >= 0.3 is 5.97 Å². The Hall–Kier alpha value is -1.91. The number of benzene rings is 1. The highest BCUT2D eigenvalue weighted by Gasteiger charge is 2.20. The molecule has 0 saturated carbocycles. The monoisotopic (exact) mass is 282 g/mol. The van der Waals surface area contributed by atoms with E-state index in [9.17, 15) is 13.2 Å². The topological polar surface area (TPSA) is 107 Å². The lowest BCUT2D eigenvalue weighted by Gasteiger charge is -2.11. The van der Waals surface area contributed by atoms with Crippen molar-refractivity contribution < 1.29 is 18.3 Å². The molecule has 1 atom stereocenters. The summed E-state index contributed by atoms with van der Waals surface area (Å²) in [5.41, 5.74) is 0.357. The van der Waals surface area contributed by atoms with Crippen LogP contribution in [0, 0.1) is 17.2 Å². The van der Waals surface area contributed by atoms with E-state index in [4.69, 9.17) is 10.4 Å². The number of hydrogen-bond donors (Lipinski definition) is 2. The number of nitriles is 1. The summed E-state index contributed by atoms with van der Waals surface area (Å²) in [5.74, 6) is -1.79. The zero-order valence-corrected chi connectivity index (χ0v) is 11.1. The first kappa shape index (κ1) is 15.1. The van der Waals surface area contributed by atoms with E-state index >= 15 is 0 Å². The highest BCUT2D eigenvalue weighted by molar-refractivity contribution is 7.89. The molecule has 7 heteroatoms. The number of rotatable bonds is 6. The molecule has 0 bridgehead atoms. The summed E-state index contributed by atoms with van der Waals surface area (Å²) in [6, 6.07) is 7.29. The third-order valence-electron chi connectivity index (χ3n) is 2.66. The van der Waals surface area contributed by atoms with Crippen LogP contribution in [0.5, 0.6) is 0 Å². The summed E-state index contributed by atoms with van der Waals surface area (Å²) in [6.45, 7) is 1.52. The Morgan fingerprint density at radius 3 is 2.42 bits per heavy atom. The van der Waals surface area contributed by atoms with Crippen molar-refractivity contribution in [1.82, 2.24) is 4.72 Å². The fraction of sp³-hybridized carbons (Fsp3) is 0.333. The van der Waals surface area contributed by atoms with Gasteiger partial charge < -0.3 is 5.11 Å². The Balaban J connectivity index is 2.81. The average Bonchev–Trinajstić information content (AvgIpc) is 2.39. The molecule has 6 nitrogen and oxygen atoms in total. The van der Waals surface area contributed by atoms with Crippen LogP contribution in [0.3, 0.4) is 0 Å². The lowest BCUT2D eigenvalue weighted by Crippen LogP contribution is -2.32. The summed E-state index contributed by atoms with van der Waals surface area (Å²) in [7, 11) is -3.75. The van der Waals surface area contributed by atoms with Gasteiger partial charge in [0.25, 0.3) is 0 Å². The van der Waals surface area contributed by atoms with Gasteiger partial charge in [-0.1, -0.05) is 6.92 Å². The van der Waals surface area contributed by atoms with Crippen LogP contribution in [0.4, 0.5) is 0 Å². The highest BCUT2D eigenvalue weighted by Crippen LogP contribution is 2.11. The van der Waals surface area contributed by atoms with E-state index in [-0.39, 0.29) is 11.4 Å². The first-order chi connectivity index (χ1) is 8.90. The van der Waals surface area contributed by atoms with Crippen LogP contribution in [0.2, 0.25) is 0 Å². The molecule has 0 heterocycles. The van der Waals surface area contributed by atoms with Gasteiger partial charge in [0.05, 0.1) is 22.4 Å². The fourth-order valence-electron chi connectivity index (χ4n) is 1.41. The number of nitrogens with one attached hydrogen (secondary N) is 1. The van der Waals surface area contributed by atoms with Crippen LogP contribution in [-0.4, -0.2) is 26.0 Å². The predicted molar refractivity (Wildman–Crippen MR) is 67.8 cm³/mol. The van der Waals surface area contributed by atoms with Gasteiger partial charge in [-0.3, -0.25) is 4.79 Å². The minimum atomic E-state index is -3.75. The van der Waals surface area contributed by atoms with Gasteiger partial charge in [0, 0.05) is 6.54 Å². The predicted octanol–water partition coefficient (Wildman–Crippen LogP) is 0.947. The van der Waals surface area contributed by atoms with Gasteiger partial charge in [0.2, 0.25) is 10.0 Å². The molecule has 102 valence electrons. The van der Waals surface area contributed by atoms with E-state index in [0.717, 1.165) is 0 Å². The van der Waals surface area contributed by atoms with Crippen molar-refractivity contribution in [3.8, 4) is 6.07 Å². The normalized spacial score (nSPS) is 12.6. The third-order valence-corrected chi connectivity index (χ3v) is 4.09. The average molecular weight is 282 g/mol. The number of hydrogen-bond acceptors (Lipinski definition) is 4. The van der Waals surface area contributed by atoms with E-state index in [2.05, 4.69) is 4.72 Å². The Morgan fingerprint density at radius 2 is 2.00 bits per heavy atom. The van der Waals surface area contributed by atoms with E-state index < -0.39 is 21.9 Å². The van der Waals surface area contributed by atoms with Crippen LogP contribution in [0.25, 0.3) is 0 Å². The lowest BCUT2D eigenvalue weighted by molar-refractivity contribution is -0.141. The van der Waals surface area contributed by atoms with Gasteiger partial charge in [-0.2, -0.15) is 5.26 Å². The van der Waals surface area contributed by atoms with Gasteiger partial charge in [-0.25, -0.2) is 13.1 Å². The Bertz CT molecular complexity index is 587. The minimum Gasteiger partial charge on any atom is -0.481 e. The second kappa shape index (κ2) is 6.31. The summed E-state index contributed by atoms with van der Waals surface area (Å²) in [5, 5.41) is 17.5. The van der Waals surface area contributed by atoms with Crippen LogP contribution in [0.15, 0.2) is 29.2 Å². The molecule has 19 heavy (non-hydrogen) atoms. The molecule has 0 saturated heterocycles. The smallest absolute Gasteiger partial charge is 0.307 e. The lowest BCUT2D eigenvalue weighted by atomic mass is 10.1. The van der Waals surface area contributed by atoms with Gasteiger partial charge in [-0.15, -0.1) is 0 Å². The zero-order chi connectivity index (χ0) is 14.5. The molecular formula is C12H14N2O4S. The van der Waals surface area contributed by atoms with Crippen LogP contribution >= 0.6 is 0 Å². The maximum Gasteiger partial charge on any atom is 0.307 e. The van der Waals surface area contributed by atoms with Crippen LogP contribution < -0.4 is 4.72 Å². The second-order valence-corrected chi connectivity index (χ2v) is 5.70. The number of aliphatic carboxylic acids is 1. The van der Waals surface area contributed by atoms with E-state index in [1.165, 1.54) is 24.3 Å². The number of sulfonamides is 1. The Kier molecular flexibility index (Phi) is 5.03. The molecule has 0 aliphatic rings. The van der Waals surface area contributed by atoms with Crippen molar-refractivity contribution in [2.24, 2.45) is 5.92 Å². The summed E-state index contributed by atoms with van der Waals surface area (Å²) >= 11 is 0. The van der Waals surface area contributed by atoms with Crippen molar-refractivity contribution in [1.29, 1.82) is 5.26 Å². The fourth-order valence-corrected chi connectivity index (χ4v) is 2.49. The molecule has 0 radical (unpaired) electrons. The standard InChI is InChI=1S/C12H14N2O4S/c1-2-10(12(15)16)8-14-19(17,18)11-5-3-9(7-13)4-6-11/h3-6,10,14H,2,8H2,1H3,(H,15,16). The Labute approximate surface area is 111 Å². The molecule has 1 aromatic carbocycles. The molecule has 0 amide bonds. The number of carboxylic acid groups (broad SMARTS) is 1. The quantitative estimate of drug-likeness (QED) is 0.807. The molecule has 0 aliphatic heterocycles. The minimum absolute atomic E-state index is 0.00624. The molecule has 2 N–H and O–H groups in total. The molecule has 0 spiro atoms. The van der Waals surface area contributed by atoms with Gasteiger partial charge in [-0.05, 0) is 30.7 Å². The van der Waals surface area contributed by atoms with Crippen molar-refractivity contribution in [2.75, 3.05) is 6.54 Å². The summed E-state index contributed by atoms with van der Waals surface area (Å²) in [6.07, 6.45) is 0.339. The first-order valence-corrected chi connectivity index (χ1v) is 7.11. The van der Waals surface area contributed by atoms with Crippen LogP contribution in [0.1, 0.15) is 18.9 Å². The number of carboxylic acids is 1. The molecular weight excluding hydrogens is 268 g/mol. The number of nitrogens with zero attached hydrogens (tertiary/aromatic N) is 1. The molecule has 1 rings (SSSR count). The van der Waals surface area contributed by atoms with Crippen molar-refractivity contribution >= 4 is 16.0 Å². The van der Waals surface area contributed by atoms with Gasteiger partial charge in [0.15, 0.2) is 0 Å². The van der Waals surface area contributed by atoms with E-state index in [1.807, 2.05) is 6.07 Å². The number of carbonyl (C=O) groups is 1. The highest BCUT2D eigenvalue weighted by atomic mass is 32.2. The molecule has 0 aliphatic carbocycles. The maximum atomic E-state index is 11.9. The molecule has 0 fully saturated rings. The van der Waals surface area contributed by atoms with E-state index in [0.29, 0.717) is 12.0 Å². The van der Waals surface area contributed by atoms with Crippen LogP contribution in [-0.2, 0) is 14.8 Å². The summed E-state index contributed by atoms with van der Waals surface area (Å²) in [4.78, 5) is 10.8.